The standard InChI is InChI=1S/C34H56N2O8/c1-8-27(38)25(5)32-29(42-32)21-34(6,41-7)15-9-10-23(3)31-24(4)12-14-28(43-33(40)36-18-16-35-17-19-36)22(2)11-13-26(37)20-30(39)44-31/h9-10,12,14-15,22,24-29,31-32,35,37-38H,8,11,13,16-21H2,1-7H3/b14-12+,15-9+,23-10+. The Labute approximate surface area is 263 Å². The Balaban J connectivity index is 1.73. The number of hydrogen-bond donors (Lipinski definition) is 3. The van der Waals surface area contributed by atoms with Crippen molar-refractivity contribution in [2.24, 2.45) is 17.8 Å². The first kappa shape index (κ1) is 36.2. The molecule has 10 unspecified atom stereocenters. The van der Waals surface area contributed by atoms with Gasteiger partial charge in [-0.1, -0.05) is 52.0 Å². The van der Waals surface area contributed by atoms with E-state index in [2.05, 4.69) is 5.32 Å². The first-order valence-corrected chi connectivity index (χ1v) is 16.3. The molecule has 3 heterocycles. The van der Waals surface area contributed by atoms with Crippen LogP contribution >= 0.6 is 0 Å². The lowest BCUT2D eigenvalue weighted by molar-refractivity contribution is -0.151. The van der Waals surface area contributed by atoms with Crippen molar-refractivity contribution in [2.45, 2.75) is 116 Å². The predicted octanol–water partition coefficient (Wildman–Crippen LogP) is 4.15. The van der Waals surface area contributed by atoms with Crippen LogP contribution in [0.15, 0.2) is 36.0 Å². The van der Waals surface area contributed by atoms with Crippen LogP contribution in [0, 0.1) is 17.8 Å². The monoisotopic (exact) mass is 620 g/mol. The van der Waals surface area contributed by atoms with Crippen LogP contribution in [0.5, 0.6) is 0 Å². The lowest BCUT2D eigenvalue weighted by Crippen LogP contribution is -2.47. The summed E-state index contributed by atoms with van der Waals surface area (Å²) in [6, 6.07) is 0. The van der Waals surface area contributed by atoms with Crippen LogP contribution in [-0.2, 0) is 23.7 Å². The quantitative estimate of drug-likeness (QED) is 0.143. The van der Waals surface area contributed by atoms with E-state index in [1.807, 2.05) is 71.9 Å². The SMILES string of the molecule is CCC(O)C(C)C1OC1CC(C)(/C=C/C=C(\C)C1OC(=O)CC(O)CCC(C)C(OC(=O)N2CCNCC2)/C=C/C1C)OC. The Kier molecular flexibility index (Phi) is 13.9. The average Bonchev–Trinajstić information content (AvgIpc) is 3.77. The molecule has 3 rings (SSSR count). The minimum atomic E-state index is -0.838. The molecule has 3 aliphatic heterocycles. The van der Waals surface area contributed by atoms with Crippen LogP contribution in [-0.4, -0.2) is 103 Å². The maximum atomic E-state index is 12.9. The van der Waals surface area contributed by atoms with Crippen LogP contribution in [0.1, 0.15) is 73.6 Å². The third-order valence-electron chi connectivity index (χ3n) is 9.37. The van der Waals surface area contributed by atoms with Gasteiger partial charge in [0, 0.05) is 51.5 Å². The van der Waals surface area contributed by atoms with Gasteiger partial charge in [-0.15, -0.1) is 0 Å². The molecule has 0 aromatic rings. The maximum Gasteiger partial charge on any atom is 0.410 e. The molecule has 1 amide bonds. The molecular weight excluding hydrogens is 564 g/mol. The number of carbonyl (C=O) groups is 2. The summed E-state index contributed by atoms with van der Waals surface area (Å²) in [5, 5.41) is 24.0. The fourth-order valence-corrected chi connectivity index (χ4v) is 5.98. The molecule has 10 heteroatoms. The van der Waals surface area contributed by atoms with Gasteiger partial charge in [-0.2, -0.15) is 0 Å². The van der Waals surface area contributed by atoms with E-state index in [4.69, 9.17) is 18.9 Å². The number of nitrogens with zero attached hydrogens (tertiary/aromatic N) is 1. The van der Waals surface area contributed by atoms with Gasteiger partial charge >= 0.3 is 12.1 Å². The normalized spacial score (nSPS) is 34.2. The van der Waals surface area contributed by atoms with E-state index in [0.717, 1.165) is 18.7 Å². The van der Waals surface area contributed by atoms with Gasteiger partial charge in [0.15, 0.2) is 0 Å². The number of piperazine rings is 1. The Bertz CT molecular complexity index is 1020. The molecule has 3 N–H and O–H groups in total. The minimum Gasteiger partial charge on any atom is -0.457 e. The molecule has 10 nitrogen and oxygen atoms in total. The fourth-order valence-electron chi connectivity index (χ4n) is 5.98. The molecule has 0 saturated carbocycles. The molecule has 2 saturated heterocycles. The van der Waals surface area contributed by atoms with Crippen LogP contribution in [0.2, 0.25) is 0 Å². The fraction of sp³-hybridized carbons (Fsp3) is 0.765. The van der Waals surface area contributed by atoms with Crippen molar-refractivity contribution in [3.8, 4) is 0 Å². The second-order valence-corrected chi connectivity index (χ2v) is 13.1. The Morgan fingerprint density at radius 1 is 1.25 bits per heavy atom. The summed E-state index contributed by atoms with van der Waals surface area (Å²) in [6.45, 7) is 14.5. The number of aliphatic hydroxyl groups is 2. The summed E-state index contributed by atoms with van der Waals surface area (Å²) in [6.07, 6.45) is 9.36. The van der Waals surface area contributed by atoms with Gasteiger partial charge in [-0.3, -0.25) is 4.79 Å². The van der Waals surface area contributed by atoms with Crippen molar-refractivity contribution in [3.63, 3.8) is 0 Å². The molecule has 0 aromatic carbocycles. The predicted molar refractivity (Wildman–Crippen MR) is 169 cm³/mol. The lowest BCUT2D eigenvalue weighted by Gasteiger charge is -2.31. The average molecular weight is 621 g/mol. The number of amides is 1. The van der Waals surface area contributed by atoms with Crippen LogP contribution in [0.25, 0.3) is 0 Å². The summed E-state index contributed by atoms with van der Waals surface area (Å²) in [4.78, 5) is 27.4. The number of nitrogens with one attached hydrogen (secondary N) is 1. The highest BCUT2D eigenvalue weighted by Gasteiger charge is 2.47. The van der Waals surface area contributed by atoms with Gasteiger partial charge in [-0.05, 0) is 50.7 Å². The van der Waals surface area contributed by atoms with Gasteiger partial charge in [-0.25, -0.2) is 4.79 Å². The summed E-state index contributed by atoms with van der Waals surface area (Å²) in [7, 11) is 1.67. The zero-order valence-electron chi connectivity index (χ0n) is 27.7. The van der Waals surface area contributed by atoms with E-state index in [-0.39, 0.29) is 48.6 Å². The Hall–Kier alpha value is -2.24. The van der Waals surface area contributed by atoms with E-state index in [1.54, 1.807) is 12.0 Å². The summed E-state index contributed by atoms with van der Waals surface area (Å²) < 4.78 is 23.6. The van der Waals surface area contributed by atoms with Crippen molar-refractivity contribution < 1.29 is 38.7 Å². The molecule has 10 atom stereocenters. The molecule has 2 fully saturated rings. The van der Waals surface area contributed by atoms with Crippen LogP contribution in [0.4, 0.5) is 4.79 Å². The maximum absolute atomic E-state index is 12.9. The number of ether oxygens (including phenoxy) is 4. The van der Waals surface area contributed by atoms with Crippen molar-refractivity contribution >= 4 is 12.1 Å². The number of methoxy groups -OCH3 is 1. The van der Waals surface area contributed by atoms with Gasteiger partial charge in [0.25, 0.3) is 0 Å². The van der Waals surface area contributed by atoms with Crippen LogP contribution in [0.3, 0.4) is 0 Å². The molecule has 0 aliphatic carbocycles. The van der Waals surface area contributed by atoms with Gasteiger partial charge < -0.3 is 39.4 Å². The zero-order chi connectivity index (χ0) is 32.4. The number of carbonyl (C=O) groups excluding carboxylic acids is 2. The zero-order valence-corrected chi connectivity index (χ0v) is 27.7. The molecule has 0 radical (unpaired) electrons. The lowest BCUT2D eigenvalue weighted by atomic mass is 9.91. The van der Waals surface area contributed by atoms with E-state index in [0.29, 0.717) is 38.8 Å². The molecular formula is C34H56N2O8. The number of hydrogen-bond acceptors (Lipinski definition) is 9. The number of epoxide rings is 1. The van der Waals surface area contributed by atoms with E-state index < -0.39 is 29.9 Å². The minimum absolute atomic E-state index is 0.0192. The van der Waals surface area contributed by atoms with Crippen molar-refractivity contribution in [1.29, 1.82) is 0 Å². The molecule has 0 spiro atoms. The third kappa shape index (κ3) is 10.7. The molecule has 44 heavy (non-hydrogen) atoms. The van der Waals surface area contributed by atoms with Gasteiger partial charge in [0.2, 0.25) is 0 Å². The molecule has 0 aromatic heterocycles. The first-order chi connectivity index (χ1) is 20.9. The van der Waals surface area contributed by atoms with Crippen LogP contribution < -0.4 is 5.32 Å². The summed E-state index contributed by atoms with van der Waals surface area (Å²) in [5.74, 6) is -0.636. The smallest absolute Gasteiger partial charge is 0.410 e. The van der Waals surface area contributed by atoms with Crippen molar-refractivity contribution in [3.05, 3.63) is 36.0 Å². The highest BCUT2D eigenvalue weighted by molar-refractivity contribution is 5.70. The summed E-state index contributed by atoms with van der Waals surface area (Å²) in [5.41, 5.74) is 0.253. The largest absolute Gasteiger partial charge is 0.457 e. The second-order valence-electron chi connectivity index (χ2n) is 13.1. The second kappa shape index (κ2) is 16.9. The number of allylic oxidation sites excluding steroid dienone is 2. The highest BCUT2D eigenvalue weighted by atomic mass is 16.6. The first-order valence-electron chi connectivity index (χ1n) is 16.3. The molecule has 0 bridgehead atoms. The highest BCUT2D eigenvalue weighted by Crippen LogP contribution is 2.38. The van der Waals surface area contributed by atoms with E-state index in [9.17, 15) is 19.8 Å². The van der Waals surface area contributed by atoms with E-state index >= 15 is 0 Å². The van der Waals surface area contributed by atoms with Crippen molar-refractivity contribution in [2.75, 3.05) is 33.3 Å². The third-order valence-corrected chi connectivity index (χ3v) is 9.37. The van der Waals surface area contributed by atoms with Crippen molar-refractivity contribution in [1.82, 2.24) is 10.2 Å². The molecule has 250 valence electrons. The topological polar surface area (TPSA) is 130 Å². The Morgan fingerprint density at radius 3 is 2.61 bits per heavy atom. The number of esters is 1. The number of rotatable bonds is 10. The number of cyclic esters (lactones) is 1. The Morgan fingerprint density at radius 2 is 1.95 bits per heavy atom. The van der Waals surface area contributed by atoms with E-state index in [1.165, 1.54) is 0 Å². The number of aliphatic hydroxyl groups excluding tert-OH is 2. The molecule has 3 aliphatic rings. The van der Waals surface area contributed by atoms with Gasteiger partial charge in [0.1, 0.15) is 12.2 Å². The van der Waals surface area contributed by atoms with Gasteiger partial charge in [0.05, 0.1) is 36.4 Å². The summed E-state index contributed by atoms with van der Waals surface area (Å²) >= 11 is 0.